The second kappa shape index (κ2) is 7.55. The minimum Gasteiger partial charge on any atom is -0.340 e. The van der Waals surface area contributed by atoms with Crippen LogP contribution in [0.3, 0.4) is 0 Å². The normalized spacial score (nSPS) is 9.92. The Hall–Kier alpha value is -3.24. The molecule has 0 aliphatic carbocycles. The molecule has 3 aromatic rings. The zero-order valence-corrected chi connectivity index (χ0v) is 14.5. The molecule has 0 aliphatic heterocycles. The molecule has 0 atom stereocenters. The summed E-state index contributed by atoms with van der Waals surface area (Å²) in [6.45, 7) is 0. The van der Waals surface area contributed by atoms with Gasteiger partial charge < -0.3 is 10.6 Å². The number of nitriles is 1. The van der Waals surface area contributed by atoms with Crippen molar-refractivity contribution in [2.45, 2.75) is 0 Å². The van der Waals surface area contributed by atoms with Crippen LogP contribution in [0.1, 0.15) is 16.1 Å². The van der Waals surface area contributed by atoms with Crippen molar-refractivity contribution in [3.05, 3.63) is 76.7 Å². The van der Waals surface area contributed by atoms with Crippen molar-refractivity contribution in [3.63, 3.8) is 0 Å². The number of nitrogens with one attached hydrogen (secondary N) is 2. The maximum Gasteiger partial charge on any atom is 0.274 e. The van der Waals surface area contributed by atoms with E-state index < -0.39 is 0 Å². The molecular formula is C18H12BrN5O. The quantitative estimate of drug-likeness (QED) is 0.695. The predicted octanol–water partition coefficient (Wildman–Crippen LogP) is 4.11. The summed E-state index contributed by atoms with van der Waals surface area (Å²) in [5, 5.41) is 14.8. The summed E-state index contributed by atoms with van der Waals surface area (Å²) in [5.41, 5.74) is 2.12. The fourth-order valence-electron chi connectivity index (χ4n) is 2.11. The summed E-state index contributed by atoms with van der Waals surface area (Å²) in [5.74, 6) is 0.116. The zero-order chi connectivity index (χ0) is 17.6. The largest absolute Gasteiger partial charge is 0.340 e. The lowest BCUT2D eigenvalue weighted by molar-refractivity contribution is 0.102. The van der Waals surface area contributed by atoms with Crippen molar-refractivity contribution < 1.29 is 4.79 Å². The van der Waals surface area contributed by atoms with Gasteiger partial charge in [0.05, 0.1) is 17.3 Å². The Morgan fingerprint density at radius 3 is 2.72 bits per heavy atom. The van der Waals surface area contributed by atoms with Gasteiger partial charge in [0.15, 0.2) is 0 Å². The number of para-hydroxylation sites is 1. The van der Waals surface area contributed by atoms with Crippen molar-refractivity contribution in [2.75, 3.05) is 10.6 Å². The zero-order valence-electron chi connectivity index (χ0n) is 12.9. The van der Waals surface area contributed by atoms with E-state index in [2.05, 4.69) is 42.6 Å². The summed E-state index contributed by atoms with van der Waals surface area (Å²) in [6, 6.07) is 17.9. The first kappa shape index (κ1) is 16.6. The number of aromatic nitrogens is 2. The van der Waals surface area contributed by atoms with E-state index >= 15 is 0 Å². The van der Waals surface area contributed by atoms with Crippen LogP contribution in [0.25, 0.3) is 0 Å². The number of nitrogens with zero attached hydrogens (tertiary/aromatic N) is 3. The minimum atomic E-state index is -0.344. The molecule has 1 aromatic heterocycles. The van der Waals surface area contributed by atoms with Crippen LogP contribution in [0.15, 0.2) is 65.4 Å². The third kappa shape index (κ3) is 4.19. The Kier molecular flexibility index (Phi) is 5.02. The van der Waals surface area contributed by atoms with Crippen LogP contribution in [0, 0.1) is 11.3 Å². The van der Waals surface area contributed by atoms with Crippen molar-refractivity contribution in [2.24, 2.45) is 0 Å². The minimum absolute atomic E-state index is 0.227. The number of amides is 1. The van der Waals surface area contributed by atoms with Crippen LogP contribution in [0.4, 0.5) is 17.2 Å². The van der Waals surface area contributed by atoms with E-state index in [-0.39, 0.29) is 11.6 Å². The lowest BCUT2D eigenvalue weighted by atomic mass is 10.2. The summed E-state index contributed by atoms with van der Waals surface area (Å²) in [7, 11) is 0. The van der Waals surface area contributed by atoms with E-state index in [1.54, 1.807) is 30.3 Å². The van der Waals surface area contributed by atoms with E-state index in [0.717, 1.165) is 4.47 Å². The molecule has 0 unspecified atom stereocenters. The molecule has 0 fully saturated rings. The smallest absolute Gasteiger partial charge is 0.274 e. The Balaban J connectivity index is 1.78. The van der Waals surface area contributed by atoms with Crippen molar-refractivity contribution in [1.82, 2.24) is 9.97 Å². The second-order valence-corrected chi connectivity index (χ2v) is 5.89. The monoisotopic (exact) mass is 393 g/mol. The highest BCUT2D eigenvalue weighted by Gasteiger charge is 2.11. The number of hydrogen-bond donors (Lipinski definition) is 2. The highest BCUT2D eigenvalue weighted by Crippen LogP contribution is 2.22. The number of halogens is 1. The number of carbonyl (C=O) groups is 1. The average molecular weight is 394 g/mol. The lowest BCUT2D eigenvalue weighted by Gasteiger charge is -2.09. The molecule has 6 nitrogen and oxygen atoms in total. The van der Waals surface area contributed by atoms with Gasteiger partial charge in [0, 0.05) is 16.2 Å². The Morgan fingerprint density at radius 1 is 1.08 bits per heavy atom. The van der Waals surface area contributed by atoms with Gasteiger partial charge in [0.2, 0.25) is 0 Å². The third-order valence-corrected chi connectivity index (χ3v) is 3.98. The summed E-state index contributed by atoms with van der Waals surface area (Å²) in [4.78, 5) is 20.5. The predicted molar refractivity (Wildman–Crippen MR) is 98.6 cm³/mol. The Morgan fingerprint density at radius 2 is 1.92 bits per heavy atom. The van der Waals surface area contributed by atoms with Gasteiger partial charge in [-0.2, -0.15) is 5.26 Å². The van der Waals surface area contributed by atoms with Crippen LogP contribution in [-0.2, 0) is 0 Å². The molecule has 1 amide bonds. The molecule has 2 aromatic carbocycles. The molecule has 0 bridgehead atoms. The Labute approximate surface area is 152 Å². The number of rotatable bonds is 4. The number of carbonyl (C=O) groups excluding carboxylic acids is 1. The van der Waals surface area contributed by atoms with Crippen LogP contribution in [0.5, 0.6) is 0 Å². The van der Waals surface area contributed by atoms with Crippen LogP contribution in [0.2, 0.25) is 0 Å². The number of benzene rings is 2. The van der Waals surface area contributed by atoms with Gasteiger partial charge in [-0.3, -0.25) is 4.79 Å². The van der Waals surface area contributed by atoms with Crippen molar-refractivity contribution in [3.8, 4) is 6.07 Å². The molecule has 0 spiro atoms. The molecular weight excluding hydrogens is 382 g/mol. The lowest BCUT2D eigenvalue weighted by Crippen LogP contribution is -2.14. The summed E-state index contributed by atoms with van der Waals surface area (Å²) in [6.07, 6.45) is 1.31. The highest BCUT2D eigenvalue weighted by molar-refractivity contribution is 9.10. The molecule has 122 valence electrons. The van der Waals surface area contributed by atoms with Gasteiger partial charge in [-0.05, 0) is 46.3 Å². The van der Waals surface area contributed by atoms with Gasteiger partial charge in [-0.1, -0.05) is 18.2 Å². The van der Waals surface area contributed by atoms with Crippen molar-refractivity contribution >= 4 is 39.0 Å². The molecule has 25 heavy (non-hydrogen) atoms. The SMILES string of the molecule is N#Cc1cccc(Nc2cc(C(=O)Nc3ccccc3Br)ncn2)c1. The van der Waals surface area contributed by atoms with Crippen LogP contribution in [-0.4, -0.2) is 15.9 Å². The molecule has 0 saturated carbocycles. The van der Waals surface area contributed by atoms with Crippen molar-refractivity contribution in [1.29, 1.82) is 5.26 Å². The van der Waals surface area contributed by atoms with Gasteiger partial charge in [0.1, 0.15) is 17.8 Å². The van der Waals surface area contributed by atoms with E-state index in [1.165, 1.54) is 6.33 Å². The summed E-state index contributed by atoms with van der Waals surface area (Å²) < 4.78 is 0.782. The average Bonchev–Trinajstić information content (AvgIpc) is 2.64. The maximum atomic E-state index is 12.4. The number of anilines is 3. The summed E-state index contributed by atoms with van der Waals surface area (Å²) >= 11 is 3.38. The van der Waals surface area contributed by atoms with Gasteiger partial charge in [-0.15, -0.1) is 0 Å². The fourth-order valence-corrected chi connectivity index (χ4v) is 2.50. The third-order valence-electron chi connectivity index (χ3n) is 3.29. The second-order valence-electron chi connectivity index (χ2n) is 5.04. The molecule has 0 radical (unpaired) electrons. The number of hydrogen-bond acceptors (Lipinski definition) is 5. The highest BCUT2D eigenvalue weighted by atomic mass is 79.9. The van der Waals surface area contributed by atoms with Gasteiger partial charge in [-0.25, -0.2) is 9.97 Å². The van der Waals surface area contributed by atoms with E-state index in [4.69, 9.17) is 5.26 Å². The van der Waals surface area contributed by atoms with E-state index in [1.807, 2.05) is 24.3 Å². The first-order valence-electron chi connectivity index (χ1n) is 7.31. The first-order valence-corrected chi connectivity index (χ1v) is 8.10. The van der Waals surface area contributed by atoms with Crippen LogP contribution >= 0.6 is 15.9 Å². The topological polar surface area (TPSA) is 90.7 Å². The molecule has 3 rings (SSSR count). The standard InChI is InChI=1S/C18H12BrN5O/c19-14-6-1-2-7-15(14)24-18(25)16-9-17(22-11-21-16)23-13-5-3-4-12(8-13)10-20/h1-9,11H,(H,24,25)(H,21,22,23). The Bertz CT molecular complexity index is 967. The molecule has 0 saturated heterocycles. The van der Waals surface area contributed by atoms with Crippen LogP contribution < -0.4 is 10.6 Å². The fraction of sp³-hybridized carbons (Fsp3) is 0. The molecule has 2 N–H and O–H groups in total. The molecule has 0 aliphatic rings. The molecule has 1 heterocycles. The molecule has 7 heteroatoms. The van der Waals surface area contributed by atoms with E-state index in [9.17, 15) is 4.79 Å². The van der Waals surface area contributed by atoms with Gasteiger partial charge >= 0.3 is 0 Å². The van der Waals surface area contributed by atoms with Gasteiger partial charge in [0.25, 0.3) is 5.91 Å². The first-order chi connectivity index (χ1) is 12.2. The van der Waals surface area contributed by atoms with E-state index in [0.29, 0.717) is 22.8 Å². The maximum absolute atomic E-state index is 12.4.